The molecular formula is C16H19ClN4O. The summed E-state index contributed by atoms with van der Waals surface area (Å²) in [5.74, 6) is 0.732. The predicted octanol–water partition coefficient (Wildman–Crippen LogP) is 3.83. The largest absolute Gasteiger partial charge is 0.324 e. The summed E-state index contributed by atoms with van der Waals surface area (Å²) in [4.78, 5) is 16.1. The van der Waals surface area contributed by atoms with Crippen LogP contribution in [0.15, 0.2) is 30.9 Å². The van der Waals surface area contributed by atoms with E-state index in [-0.39, 0.29) is 5.91 Å². The maximum Gasteiger partial charge on any atom is 0.224 e. The highest BCUT2D eigenvalue weighted by Gasteiger charge is 2.17. The van der Waals surface area contributed by atoms with Gasteiger partial charge < -0.3 is 5.32 Å². The summed E-state index contributed by atoms with van der Waals surface area (Å²) in [7, 11) is 0. The Morgan fingerprint density at radius 1 is 1.36 bits per heavy atom. The van der Waals surface area contributed by atoms with E-state index in [1.807, 2.05) is 6.07 Å². The summed E-state index contributed by atoms with van der Waals surface area (Å²) in [6, 6.07) is 5.34. The first kappa shape index (κ1) is 15.0. The molecule has 0 bridgehead atoms. The van der Waals surface area contributed by atoms with Crippen molar-refractivity contribution in [2.75, 3.05) is 5.32 Å². The molecule has 0 unspecified atom stereocenters. The van der Waals surface area contributed by atoms with Gasteiger partial charge in [-0.15, -0.1) is 0 Å². The van der Waals surface area contributed by atoms with E-state index < -0.39 is 0 Å². The number of carbonyl (C=O) groups is 1. The van der Waals surface area contributed by atoms with E-state index >= 15 is 0 Å². The molecule has 116 valence electrons. The van der Waals surface area contributed by atoms with Gasteiger partial charge in [-0.3, -0.25) is 4.79 Å². The van der Waals surface area contributed by atoms with Crippen LogP contribution in [-0.2, 0) is 4.79 Å². The average Bonchev–Trinajstić information content (AvgIpc) is 3.19. The molecule has 1 aliphatic rings. The number of hydrogen-bond acceptors (Lipinski definition) is 3. The second-order valence-electron chi connectivity index (χ2n) is 5.74. The fourth-order valence-corrected chi connectivity index (χ4v) is 3.16. The van der Waals surface area contributed by atoms with E-state index in [0.29, 0.717) is 23.0 Å². The van der Waals surface area contributed by atoms with Gasteiger partial charge in [-0.05, 0) is 30.5 Å². The van der Waals surface area contributed by atoms with E-state index in [0.717, 1.165) is 12.1 Å². The highest BCUT2D eigenvalue weighted by Crippen LogP contribution is 2.29. The minimum Gasteiger partial charge on any atom is -0.324 e. The third-order valence-corrected chi connectivity index (χ3v) is 4.39. The van der Waals surface area contributed by atoms with Gasteiger partial charge >= 0.3 is 0 Å². The van der Waals surface area contributed by atoms with Crippen molar-refractivity contribution < 1.29 is 4.79 Å². The minimum absolute atomic E-state index is 0.0236. The van der Waals surface area contributed by atoms with Crippen molar-refractivity contribution in [2.24, 2.45) is 5.92 Å². The van der Waals surface area contributed by atoms with Gasteiger partial charge in [-0.1, -0.05) is 37.3 Å². The zero-order valence-corrected chi connectivity index (χ0v) is 13.1. The number of halogens is 1. The van der Waals surface area contributed by atoms with Crippen molar-refractivity contribution in [3.63, 3.8) is 0 Å². The van der Waals surface area contributed by atoms with Crippen LogP contribution in [0, 0.1) is 5.92 Å². The zero-order valence-electron chi connectivity index (χ0n) is 12.3. The Bertz CT molecular complexity index is 636. The fourth-order valence-electron chi connectivity index (χ4n) is 2.99. The molecule has 1 aliphatic carbocycles. The molecule has 1 aromatic heterocycles. The van der Waals surface area contributed by atoms with E-state index in [1.54, 1.807) is 23.1 Å². The van der Waals surface area contributed by atoms with Crippen molar-refractivity contribution in [1.82, 2.24) is 14.8 Å². The van der Waals surface area contributed by atoms with Crippen LogP contribution in [0.1, 0.15) is 38.5 Å². The highest BCUT2D eigenvalue weighted by atomic mass is 35.5. The van der Waals surface area contributed by atoms with Gasteiger partial charge in [0.05, 0.1) is 11.4 Å². The smallest absolute Gasteiger partial charge is 0.224 e. The monoisotopic (exact) mass is 318 g/mol. The number of hydrogen-bond donors (Lipinski definition) is 1. The molecule has 5 nitrogen and oxygen atoms in total. The lowest BCUT2D eigenvalue weighted by Gasteiger charge is -2.12. The SMILES string of the molecule is O=C(CCC1CCCC1)Nc1cc(Cl)ccc1-n1cncn1. The summed E-state index contributed by atoms with van der Waals surface area (Å²) < 4.78 is 1.61. The quantitative estimate of drug-likeness (QED) is 0.911. The van der Waals surface area contributed by atoms with Crippen molar-refractivity contribution in [3.8, 4) is 5.69 Å². The van der Waals surface area contributed by atoms with Crippen LogP contribution in [0.5, 0.6) is 0 Å². The number of rotatable bonds is 5. The molecule has 0 atom stereocenters. The molecule has 1 heterocycles. The summed E-state index contributed by atoms with van der Waals surface area (Å²) in [5, 5.41) is 7.63. The van der Waals surface area contributed by atoms with Gasteiger partial charge in [0.25, 0.3) is 0 Å². The van der Waals surface area contributed by atoms with Crippen molar-refractivity contribution in [2.45, 2.75) is 38.5 Å². The van der Waals surface area contributed by atoms with E-state index in [4.69, 9.17) is 11.6 Å². The second-order valence-corrected chi connectivity index (χ2v) is 6.18. The Hall–Kier alpha value is -1.88. The van der Waals surface area contributed by atoms with Crippen LogP contribution in [0.3, 0.4) is 0 Å². The fraction of sp³-hybridized carbons (Fsp3) is 0.438. The van der Waals surface area contributed by atoms with E-state index in [2.05, 4.69) is 15.4 Å². The van der Waals surface area contributed by atoms with Crippen LogP contribution in [0.25, 0.3) is 5.69 Å². The first-order valence-electron chi connectivity index (χ1n) is 7.67. The Morgan fingerprint density at radius 2 is 2.18 bits per heavy atom. The average molecular weight is 319 g/mol. The maximum absolute atomic E-state index is 12.2. The Balaban J connectivity index is 1.68. The van der Waals surface area contributed by atoms with Gasteiger partial charge in [0.2, 0.25) is 5.91 Å². The molecule has 6 heteroatoms. The summed E-state index contributed by atoms with van der Waals surface area (Å²) in [6.07, 6.45) is 9.69. The Kier molecular flexibility index (Phi) is 4.73. The van der Waals surface area contributed by atoms with Crippen LogP contribution in [0.2, 0.25) is 5.02 Å². The number of nitrogens with one attached hydrogen (secondary N) is 1. The van der Waals surface area contributed by atoms with Crippen LogP contribution in [0.4, 0.5) is 5.69 Å². The van der Waals surface area contributed by atoms with Gasteiger partial charge in [-0.2, -0.15) is 5.10 Å². The van der Waals surface area contributed by atoms with E-state index in [9.17, 15) is 4.79 Å². The summed E-state index contributed by atoms with van der Waals surface area (Å²) in [6.45, 7) is 0. The molecule has 0 saturated heterocycles. The normalized spacial score (nSPS) is 15.1. The lowest BCUT2D eigenvalue weighted by Crippen LogP contribution is -2.14. The Labute approximate surface area is 134 Å². The van der Waals surface area contributed by atoms with Crippen molar-refractivity contribution in [3.05, 3.63) is 35.9 Å². The first-order chi connectivity index (χ1) is 10.7. The third kappa shape index (κ3) is 3.65. The van der Waals surface area contributed by atoms with Crippen molar-refractivity contribution in [1.29, 1.82) is 0 Å². The first-order valence-corrected chi connectivity index (χ1v) is 8.04. The molecule has 0 radical (unpaired) electrons. The molecule has 1 saturated carbocycles. The highest BCUT2D eigenvalue weighted by molar-refractivity contribution is 6.31. The van der Waals surface area contributed by atoms with Gasteiger partial charge in [0.15, 0.2) is 0 Å². The second kappa shape index (κ2) is 6.92. The van der Waals surface area contributed by atoms with Gasteiger partial charge in [0.1, 0.15) is 12.7 Å². The molecule has 1 fully saturated rings. The van der Waals surface area contributed by atoms with Crippen molar-refractivity contribution >= 4 is 23.2 Å². The molecule has 22 heavy (non-hydrogen) atoms. The van der Waals surface area contributed by atoms with Gasteiger partial charge in [0, 0.05) is 11.4 Å². The van der Waals surface area contributed by atoms with Gasteiger partial charge in [-0.25, -0.2) is 9.67 Å². The zero-order chi connectivity index (χ0) is 15.4. The summed E-state index contributed by atoms with van der Waals surface area (Å²) in [5.41, 5.74) is 1.42. The summed E-state index contributed by atoms with van der Waals surface area (Å²) >= 11 is 6.05. The van der Waals surface area contributed by atoms with Crippen LogP contribution < -0.4 is 5.32 Å². The number of nitrogens with zero attached hydrogens (tertiary/aromatic N) is 3. The Morgan fingerprint density at radius 3 is 2.91 bits per heavy atom. The van der Waals surface area contributed by atoms with Crippen LogP contribution >= 0.6 is 11.6 Å². The number of aromatic nitrogens is 3. The molecule has 1 N–H and O–H groups in total. The molecule has 2 aromatic rings. The molecule has 1 amide bonds. The topological polar surface area (TPSA) is 59.8 Å². The molecular weight excluding hydrogens is 300 g/mol. The molecule has 0 spiro atoms. The van der Waals surface area contributed by atoms with Crippen LogP contribution in [-0.4, -0.2) is 20.7 Å². The van der Waals surface area contributed by atoms with E-state index in [1.165, 1.54) is 32.0 Å². The lowest BCUT2D eigenvalue weighted by molar-refractivity contribution is -0.116. The lowest BCUT2D eigenvalue weighted by atomic mass is 10.0. The maximum atomic E-state index is 12.2. The number of amides is 1. The number of carbonyl (C=O) groups excluding carboxylic acids is 1. The predicted molar refractivity (Wildman–Crippen MR) is 86.2 cm³/mol. The number of anilines is 1. The molecule has 0 aliphatic heterocycles. The number of benzene rings is 1. The standard InChI is InChI=1S/C16H19ClN4O/c17-13-6-7-15(21-11-18-10-19-21)14(9-13)20-16(22)8-5-12-3-1-2-4-12/h6-7,9-12H,1-5,8H2,(H,20,22). The third-order valence-electron chi connectivity index (χ3n) is 4.15. The molecule has 1 aromatic carbocycles. The minimum atomic E-state index is 0.0236. The molecule has 3 rings (SSSR count).